The highest BCUT2D eigenvalue weighted by Crippen LogP contribution is 2.25. The molecule has 1 heterocycles. The van der Waals surface area contributed by atoms with Gasteiger partial charge >= 0.3 is 6.03 Å². The van der Waals surface area contributed by atoms with Gasteiger partial charge in [-0.3, -0.25) is 0 Å². The van der Waals surface area contributed by atoms with Crippen LogP contribution in [0.15, 0.2) is 47.0 Å². The zero-order valence-corrected chi connectivity index (χ0v) is 17.5. The molecule has 0 fully saturated rings. The predicted octanol–water partition coefficient (Wildman–Crippen LogP) is 4.97. The number of nitrogens with zero attached hydrogens (tertiary/aromatic N) is 3. The number of urea groups is 1. The highest BCUT2D eigenvalue weighted by Gasteiger charge is 2.13. The van der Waals surface area contributed by atoms with Crippen LogP contribution in [0.4, 0.5) is 10.5 Å². The van der Waals surface area contributed by atoms with Gasteiger partial charge in [-0.25, -0.2) is 4.79 Å². The zero-order valence-electron chi connectivity index (χ0n) is 16.0. The monoisotopic (exact) mass is 434 g/mol. The molecule has 0 aliphatic heterocycles. The Bertz CT molecular complexity index is 993. The summed E-state index contributed by atoms with van der Waals surface area (Å²) < 4.78 is 10.8. The van der Waals surface area contributed by atoms with E-state index in [1.807, 2.05) is 31.2 Å². The van der Waals surface area contributed by atoms with Crippen molar-refractivity contribution in [3.63, 3.8) is 0 Å². The molecule has 0 aliphatic rings. The fourth-order valence-corrected chi connectivity index (χ4v) is 2.81. The molecule has 0 unspecified atom stereocenters. The topological polar surface area (TPSA) is 80.5 Å². The van der Waals surface area contributed by atoms with Gasteiger partial charge in [0.15, 0.2) is 12.4 Å². The number of carbonyl (C=O) groups is 1. The van der Waals surface area contributed by atoms with Gasteiger partial charge in [-0.15, -0.1) is 0 Å². The fraction of sp³-hybridized carbons (Fsp3) is 0.250. The first kappa shape index (κ1) is 21.0. The van der Waals surface area contributed by atoms with Crippen molar-refractivity contribution >= 4 is 34.9 Å². The van der Waals surface area contributed by atoms with Gasteiger partial charge in [0.05, 0.1) is 10.7 Å². The number of hydrogen-bond donors (Lipinski definition) is 1. The molecule has 1 N–H and O–H groups in total. The van der Waals surface area contributed by atoms with Crippen LogP contribution in [0.5, 0.6) is 5.75 Å². The van der Waals surface area contributed by atoms with Gasteiger partial charge in [0.2, 0.25) is 0 Å². The Hall–Kier alpha value is -2.77. The lowest BCUT2D eigenvalue weighted by atomic mass is 10.2. The summed E-state index contributed by atoms with van der Waals surface area (Å²) in [6.45, 7) is 2.56. The molecule has 2 amide bonds. The lowest BCUT2D eigenvalue weighted by Crippen LogP contribution is -2.33. The normalized spacial score (nSPS) is 10.6. The minimum Gasteiger partial charge on any atom is -0.484 e. The third-order valence-corrected chi connectivity index (χ3v) is 4.61. The van der Waals surface area contributed by atoms with Gasteiger partial charge in [0.1, 0.15) is 5.75 Å². The van der Waals surface area contributed by atoms with E-state index in [0.29, 0.717) is 40.4 Å². The lowest BCUT2D eigenvalue weighted by Gasteiger charge is -2.17. The molecule has 0 saturated heterocycles. The van der Waals surface area contributed by atoms with Gasteiger partial charge < -0.3 is 19.5 Å². The van der Waals surface area contributed by atoms with Crippen LogP contribution >= 0.6 is 23.2 Å². The average molecular weight is 435 g/mol. The number of aromatic nitrogens is 2. The highest BCUT2D eigenvalue weighted by atomic mass is 35.5. The van der Waals surface area contributed by atoms with Crippen LogP contribution in [-0.2, 0) is 13.0 Å². The molecule has 0 spiro atoms. The van der Waals surface area contributed by atoms with Gasteiger partial charge in [0, 0.05) is 25.0 Å². The number of carbonyl (C=O) groups excluding carboxylic acids is 1. The molecule has 7 nitrogen and oxygen atoms in total. The first-order chi connectivity index (χ1) is 13.9. The second-order valence-electron chi connectivity index (χ2n) is 6.44. The molecule has 1 aromatic heterocycles. The molecule has 0 bridgehead atoms. The van der Waals surface area contributed by atoms with Gasteiger partial charge in [0.25, 0.3) is 5.89 Å². The van der Waals surface area contributed by atoms with Crippen LogP contribution in [0.2, 0.25) is 10.0 Å². The number of benzene rings is 2. The summed E-state index contributed by atoms with van der Waals surface area (Å²) in [5.74, 6) is 1.61. The number of amides is 2. The summed E-state index contributed by atoms with van der Waals surface area (Å²) in [6, 6.07) is 12.3. The quantitative estimate of drug-likeness (QED) is 0.567. The maximum absolute atomic E-state index is 12.3. The Kier molecular flexibility index (Phi) is 6.95. The van der Waals surface area contributed by atoms with Crippen LogP contribution in [-0.4, -0.2) is 34.7 Å². The fourth-order valence-electron chi connectivity index (χ4n) is 2.47. The van der Waals surface area contributed by atoms with Crippen LogP contribution in [0.1, 0.15) is 17.3 Å². The van der Waals surface area contributed by atoms with Crippen LogP contribution in [0.25, 0.3) is 0 Å². The largest absolute Gasteiger partial charge is 0.484 e. The summed E-state index contributed by atoms with van der Waals surface area (Å²) in [4.78, 5) is 18.1. The maximum atomic E-state index is 12.3. The Labute approximate surface area is 178 Å². The van der Waals surface area contributed by atoms with E-state index in [2.05, 4.69) is 15.5 Å². The van der Waals surface area contributed by atoms with Crippen LogP contribution < -0.4 is 10.1 Å². The van der Waals surface area contributed by atoms with E-state index >= 15 is 0 Å². The van der Waals surface area contributed by atoms with E-state index in [1.165, 1.54) is 4.90 Å². The first-order valence-electron chi connectivity index (χ1n) is 8.89. The van der Waals surface area contributed by atoms with Crippen LogP contribution in [0, 0.1) is 6.92 Å². The minimum absolute atomic E-state index is 0.181. The predicted molar refractivity (Wildman–Crippen MR) is 112 cm³/mol. The smallest absolute Gasteiger partial charge is 0.321 e. The summed E-state index contributed by atoms with van der Waals surface area (Å²) >= 11 is 12.0. The van der Waals surface area contributed by atoms with E-state index in [4.69, 9.17) is 32.5 Å². The third-order valence-electron chi connectivity index (χ3n) is 4.05. The van der Waals surface area contributed by atoms with E-state index < -0.39 is 0 Å². The van der Waals surface area contributed by atoms with Crippen molar-refractivity contribution in [2.45, 2.75) is 20.0 Å². The molecule has 9 heteroatoms. The van der Waals surface area contributed by atoms with Gasteiger partial charge in [-0.05, 0) is 42.8 Å². The average Bonchev–Trinajstić information content (AvgIpc) is 3.15. The van der Waals surface area contributed by atoms with Crippen molar-refractivity contribution in [2.75, 3.05) is 18.9 Å². The molecule has 3 rings (SSSR count). The number of nitrogens with one attached hydrogen (secondary N) is 1. The zero-order chi connectivity index (χ0) is 20.8. The van der Waals surface area contributed by atoms with E-state index in [0.717, 1.165) is 11.3 Å². The van der Waals surface area contributed by atoms with E-state index in [1.54, 1.807) is 25.2 Å². The lowest BCUT2D eigenvalue weighted by molar-refractivity contribution is 0.222. The van der Waals surface area contributed by atoms with Crippen molar-refractivity contribution < 1.29 is 14.1 Å². The molecule has 0 radical (unpaired) electrons. The standard InChI is InChI=1S/C20H20Cl2N4O3/c1-13-4-3-5-15(10-13)28-12-19-24-18(25-29-19)8-9-26(2)20(27)23-17-11-14(21)6-7-16(17)22/h3-7,10-11H,8-9,12H2,1-2H3,(H,23,27). The maximum Gasteiger partial charge on any atom is 0.321 e. The molecule has 29 heavy (non-hydrogen) atoms. The SMILES string of the molecule is Cc1cccc(OCc2nc(CCN(C)C(=O)Nc3cc(Cl)ccc3Cl)no2)c1. The number of aryl methyl sites for hydroxylation is 1. The Morgan fingerprint density at radius 3 is 2.86 bits per heavy atom. The number of anilines is 1. The van der Waals surface area contributed by atoms with Crippen molar-refractivity contribution in [1.82, 2.24) is 15.0 Å². The van der Waals surface area contributed by atoms with Crippen molar-refractivity contribution in [3.8, 4) is 5.75 Å². The molecule has 0 atom stereocenters. The van der Waals surface area contributed by atoms with E-state index in [-0.39, 0.29) is 12.6 Å². The van der Waals surface area contributed by atoms with Crippen LogP contribution in [0.3, 0.4) is 0 Å². The number of rotatable bonds is 7. The molecule has 0 aliphatic carbocycles. The number of ether oxygens (including phenoxy) is 1. The second-order valence-corrected chi connectivity index (χ2v) is 7.28. The number of halogens is 2. The Morgan fingerprint density at radius 1 is 1.24 bits per heavy atom. The summed E-state index contributed by atoms with van der Waals surface area (Å²) in [6.07, 6.45) is 0.432. The van der Waals surface area contributed by atoms with Gasteiger partial charge in [-0.1, -0.05) is 40.5 Å². The van der Waals surface area contributed by atoms with Crippen molar-refractivity contribution in [1.29, 1.82) is 0 Å². The summed E-state index contributed by atoms with van der Waals surface area (Å²) in [5.41, 5.74) is 1.56. The third kappa shape index (κ3) is 6.10. The first-order valence-corrected chi connectivity index (χ1v) is 9.64. The van der Waals surface area contributed by atoms with Gasteiger partial charge in [-0.2, -0.15) is 4.98 Å². The second kappa shape index (κ2) is 9.62. The van der Waals surface area contributed by atoms with Crippen molar-refractivity contribution in [3.05, 3.63) is 69.8 Å². The molecular formula is C20H20Cl2N4O3. The number of hydrogen-bond acceptors (Lipinski definition) is 5. The molecule has 2 aromatic carbocycles. The summed E-state index contributed by atoms with van der Waals surface area (Å²) in [5, 5.41) is 7.54. The minimum atomic E-state index is -0.319. The summed E-state index contributed by atoms with van der Waals surface area (Å²) in [7, 11) is 1.66. The molecular weight excluding hydrogens is 415 g/mol. The Balaban J connectivity index is 1.48. The highest BCUT2D eigenvalue weighted by molar-refractivity contribution is 6.35. The van der Waals surface area contributed by atoms with Crippen molar-refractivity contribution in [2.24, 2.45) is 0 Å². The molecule has 0 saturated carbocycles. The molecule has 3 aromatic rings. The Morgan fingerprint density at radius 2 is 2.07 bits per heavy atom. The number of likely N-dealkylation sites (N-methyl/N-ethyl adjacent to an activating group) is 1. The molecule has 152 valence electrons. The van der Waals surface area contributed by atoms with E-state index in [9.17, 15) is 4.79 Å².